The SMILES string of the molecule is Cc1ccsc1S(=O)(=O)Nc1cccc2cc(C3=NCC(CN4CCOCC4)S3)[nH]c12.Cl.Cl. The van der Waals surface area contributed by atoms with Crippen LogP contribution in [-0.2, 0) is 14.8 Å². The number of rotatable bonds is 6. The average Bonchev–Trinajstić information content (AvgIpc) is 3.48. The van der Waals surface area contributed by atoms with Gasteiger partial charge in [0.15, 0.2) is 0 Å². The molecule has 7 nitrogen and oxygen atoms in total. The summed E-state index contributed by atoms with van der Waals surface area (Å²) in [5.41, 5.74) is 3.00. The number of thiophene rings is 1. The highest BCUT2D eigenvalue weighted by atomic mass is 35.5. The van der Waals surface area contributed by atoms with E-state index in [1.54, 1.807) is 30.1 Å². The van der Waals surface area contributed by atoms with Gasteiger partial charge in [-0.2, -0.15) is 0 Å². The molecule has 1 unspecified atom stereocenters. The largest absolute Gasteiger partial charge is 0.379 e. The molecule has 1 fully saturated rings. The quantitative estimate of drug-likeness (QED) is 0.477. The molecule has 3 aromatic rings. The number of sulfonamides is 1. The number of aromatic amines is 1. The van der Waals surface area contributed by atoms with Gasteiger partial charge in [0.1, 0.15) is 9.25 Å². The van der Waals surface area contributed by atoms with Gasteiger partial charge in [-0.25, -0.2) is 8.42 Å². The molecule has 1 atom stereocenters. The molecular formula is C21H26Cl2N4O3S3. The summed E-state index contributed by atoms with van der Waals surface area (Å²) in [4.78, 5) is 10.6. The summed E-state index contributed by atoms with van der Waals surface area (Å²) in [6.07, 6.45) is 0. The summed E-state index contributed by atoms with van der Waals surface area (Å²) in [5, 5.41) is 4.16. The Kier molecular flexibility index (Phi) is 8.77. The van der Waals surface area contributed by atoms with Crippen LogP contribution in [0, 0.1) is 6.92 Å². The smallest absolute Gasteiger partial charge is 0.271 e. The maximum Gasteiger partial charge on any atom is 0.271 e. The van der Waals surface area contributed by atoms with E-state index in [1.165, 1.54) is 11.3 Å². The van der Waals surface area contributed by atoms with Crippen LogP contribution in [0.5, 0.6) is 0 Å². The number of aromatic nitrogens is 1. The molecule has 5 rings (SSSR count). The van der Waals surface area contributed by atoms with Gasteiger partial charge in [0.2, 0.25) is 0 Å². The average molecular weight is 550 g/mol. The second kappa shape index (κ2) is 11.0. The molecule has 2 aliphatic rings. The number of nitrogens with zero attached hydrogens (tertiary/aromatic N) is 2. The zero-order valence-corrected chi connectivity index (χ0v) is 22.0. The van der Waals surface area contributed by atoms with E-state index < -0.39 is 10.0 Å². The van der Waals surface area contributed by atoms with Crippen LogP contribution < -0.4 is 4.72 Å². The van der Waals surface area contributed by atoms with E-state index in [-0.39, 0.29) is 24.8 Å². The number of morpholine rings is 1. The summed E-state index contributed by atoms with van der Waals surface area (Å²) >= 11 is 3.02. The van der Waals surface area contributed by atoms with Crippen molar-refractivity contribution in [1.29, 1.82) is 0 Å². The number of hydrogen-bond acceptors (Lipinski definition) is 7. The van der Waals surface area contributed by atoms with Crippen molar-refractivity contribution >= 4 is 79.6 Å². The molecule has 1 saturated heterocycles. The molecule has 2 aliphatic heterocycles. The van der Waals surface area contributed by atoms with Gasteiger partial charge in [0.05, 0.1) is 36.7 Å². The second-order valence-electron chi connectivity index (χ2n) is 7.75. The number of nitrogens with one attached hydrogen (secondary N) is 2. The molecule has 12 heteroatoms. The normalized spacial score (nSPS) is 19.1. The number of H-pyrrole nitrogens is 1. The summed E-state index contributed by atoms with van der Waals surface area (Å²) in [6, 6.07) is 9.49. The lowest BCUT2D eigenvalue weighted by molar-refractivity contribution is 0.0385. The first-order valence-electron chi connectivity index (χ1n) is 10.2. The minimum Gasteiger partial charge on any atom is -0.379 e. The van der Waals surface area contributed by atoms with E-state index >= 15 is 0 Å². The van der Waals surface area contributed by atoms with Crippen molar-refractivity contribution in [3.8, 4) is 0 Å². The zero-order chi connectivity index (χ0) is 21.4. The number of anilines is 1. The standard InChI is InChI=1S/C21H24N4O3S3.2ClH/c1-14-5-10-29-21(14)31(26,27)24-17-4-2-3-15-11-18(23-19(15)17)20-22-12-16(30-20)13-25-6-8-28-9-7-25;;/h2-5,10-11,16,23-24H,6-9,12-13H2,1H3;2*1H. The van der Waals surface area contributed by atoms with Crippen molar-refractivity contribution in [2.45, 2.75) is 16.4 Å². The zero-order valence-electron chi connectivity index (χ0n) is 17.9. The molecule has 2 N–H and O–H groups in total. The Morgan fingerprint density at radius 3 is 2.76 bits per heavy atom. The van der Waals surface area contributed by atoms with Crippen molar-refractivity contribution in [3.05, 3.63) is 47.0 Å². The van der Waals surface area contributed by atoms with Crippen molar-refractivity contribution in [1.82, 2.24) is 9.88 Å². The second-order valence-corrected chi connectivity index (χ2v) is 11.8. The Labute approximate surface area is 214 Å². The highest BCUT2D eigenvalue weighted by Gasteiger charge is 2.26. The monoisotopic (exact) mass is 548 g/mol. The lowest BCUT2D eigenvalue weighted by Gasteiger charge is -2.28. The van der Waals surface area contributed by atoms with E-state index in [9.17, 15) is 8.42 Å². The number of ether oxygens (including phenoxy) is 1. The Balaban J connectivity index is 0.00000153. The van der Waals surface area contributed by atoms with Gasteiger partial charge < -0.3 is 9.72 Å². The number of aryl methyl sites for hydroxylation is 1. The van der Waals surface area contributed by atoms with E-state index in [0.29, 0.717) is 15.1 Å². The van der Waals surface area contributed by atoms with Crippen molar-refractivity contribution in [3.63, 3.8) is 0 Å². The summed E-state index contributed by atoms with van der Waals surface area (Å²) in [7, 11) is -3.63. The summed E-state index contributed by atoms with van der Waals surface area (Å²) in [5.74, 6) is 0. The predicted octanol–water partition coefficient (Wildman–Crippen LogP) is 4.38. The molecule has 0 aliphatic carbocycles. The van der Waals surface area contributed by atoms with Gasteiger partial charge in [-0.05, 0) is 36.1 Å². The maximum atomic E-state index is 12.9. The number of hydrogen-bond donors (Lipinski definition) is 2. The molecule has 0 bridgehead atoms. The third-order valence-corrected chi connectivity index (χ3v) is 9.73. The van der Waals surface area contributed by atoms with Crippen molar-refractivity contribution < 1.29 is 13.2 Å². The number of halogens is 2. The Morgan fingerprint density at radius 1 is 1.24 bits per heavy atom. The Bertz CT molecular complexity index is 1240. The highest BCUT2D eigenvalue weighted by Crippen LogP contribution is 2.32. The molecule has 2 aromatic heterocycles. The van der Waals surface area contributed by atoms with E-state index in [2.05, 4.69) is 14.6 Å². The summed E-state index contributed by atoms with van der Waals surface area (Å²) < 4.78 is 34.3. The molecule has 0 radical (unpaired) electrons. The van der Waals surface area contributed by atoms with Crippen LogP contribution in [0.2, 0.25) is 0 Å². The van der Waals surface area contributed by atoms with E-state index in [4.69, 9.17) is 9.73 Å². The van der Waals surface area contributed by atoms with E-state index in [1.807, 2.05) is 24.3 Å². The van der Waals surface area contributed by atoms with Crippen LogP contribution in [-0.4, -0.2) is 68.0 Å². The van der Waals surface area contributed by atoms with Crippen LogP contribution in [0.1, 0.15) is 11.3 Å². The summed E-state index contributed by atoms with van der Waals surface area (Å²) in [6.45, 7) is 7.17. The van der Waals surface area contributed by atoms with Crippen LogP contribution in [0.3, 0.4) is 0 Å². The number of fused-ring (bicyclic) bond motifs is 1. The van der Waals surface area contributed by atoms with Crippen LogP contribution in [0.25, 0.3) is 10.9 Å². The van der Waals surface area contributed by atoms with Gasteiger partial charge in [0, 0.05) is 30.3 Å². The number of aliphatic imine (C=N–C) groups is 1. The predicted molar refractivity (Wildman–Crippen MR) is 143 cm³/mol. The third kappa shape index (κ3) is 5.70. The fourth-order valence-electron chi connectivity index (χ4n) is 3.91. The van der Waals surface area contributed by atoms with Crippen LogP contribution in [0.4, 0.5) is 5.69 Å². The van der Waals surface area contributed by atoms with Crippen LogP contribution in [0.15, 0.2) is 44.9 Å². The third-order valence-electron chi connectivity index (χ3n) is 5.47. The van der Waals surface area contributed by atoms with Crippen LogP contribution >= 0.6 is 47.9 Å². The first-order chi connectivity index (χ1) is 15.0. The fourth-order valence-corrected chi connectivity index (χ4v) is 7.54. The Hall–Kier alpha value is -1.27. The minimum absolute atomic E-state index is 0. The lowest BCUT2D eigenvalue weighted by atomic mass is 10.2. The maximum absolute atomic E-state index is 12.9. The minimum atomic E-state index is -3.63. The first-order valence-corrected chi connectivity index (χ1v) is 13.4. The molecular weight excluding hydrogens is 523 g/mol. The van der Waals surface area contributed by atoms with Gasteiger partial charge in [0.25, 0.3) is 10.0 Å². The number of para-hydroxylation sites is 1. The highest BCUT2D eigenvalue weighted by molar-refractivity contribution is 8.15. The fraction of sp³-hybridized carbons (Fsp3) is 0.381. The molecule has 4 heterocycles. The number of benzene rings is 1. The van der Waals surface area contributed by atoms with Crippen molar-refractivity contribution in [2.24, 2.45) is 4.99 Å². The van der Waals surface area contributed by atoms with Gasteiger partial charge in [-0.15, -0.1) is 36.2 Å². The Morgan fingerprint density at radius 2 is 2.03 bits per heavy atom. The number of thioether (sulfide) groups is 1. The van der Waals surface area contributed by atoms with Gasteiger partial charge >= 0.3 is 0 Å². The topological polar surface area (TPSA) is 86.8 Å². The molecule has 1 aromatic carbocycles. The van der Waals surface area contributed by atoms with E-state index in [0.717, 1.165) is 66.6 Å². The molecule has 0 amide bonds. The first kappa shape index (κ1) is 26.3. The van der Waals surface area contributed by atoms with Crippen molar-refractivity contribution in [2.75, 3.05) is 44.1 Å². The molecule has 0 spiro atoms. The molecule has 33 heavy (non-hydrogen) atoms. The van der Waals surface area contributed by atoms with Gasteiger partial charge in [-0.1, -0.05) is 23.9 Å². The van der Waals surface area contributed by atoms with Gasteiger partial charge in [-0.3, -0.25) is 14.6 Å². The lowest BCUT2D eigenvalue weighted by Crippen LogP contribution is -2.40. The molecule has 180 valence electrons. The molecule has 0 saturated carbocycles.